The molecular formula is C38H64BF3O. The molecule has 246 valence electrons. The molecule has 1 nitrogen and oxygen atoms in total. The smallest absolute Gasteiger partial charge is 0.406 e. The molecule has 1 aromatic rings. The maximum absolute atomic E-state index is 12.5. The maximum Gasteiger partial charge on any atom is 0.573 e. The van der Waals surface area contributed by atoms with E-state index in [0.717, 1.165) is 36.8 Å². The van der Waals surface area contributed by atoms with Gasteiger partial charge in [0, 0.05) is 0 Å². The maximum atomic E-state index is 12.5. The molecule has 0 amide bonds. The van der Waals surface area contributed by atoms with Crippen molar-refractivity contribution in [1.29, 1.82) is 0 Å². The Hall–Kier alpha value is -1.13. The molecule has 2 aliphatic rings. The highest BCUT2D eigenvalue weighted by Crippen LogP contribution is 2.35. The van der Waals surface area contributed by atoms with Gasteiger partial charge in [0.25, 0.3) is 0 Å². The Balaban J connectivity index is 1.42. The predicted molar refractivity (Wildman–Crippen MR) is 179 cm³/mol. The highest BCUT2D eigenvalue weighted by atomic mass is 19.4. The van der Waals surface area contributed by atoms with Gasteiger partial charge < -0.3 is 4.74 Å². The highest BCUT2D eigenvalue weighted by Gasteiger charge is 2.31. The predicted octanol–water partition coefficient (Wildman–Crippen LogP) is 13.1. The van der Waals surface area contributed by atoms with Crippen molar-refractivity contribution in [1.82, 2.24) is 0 Å². The van der Waals surface area contributed by atoms with Gasteiger partial charge in [-0.15, -0.1) is 13.2 Å². The third kappa shape index (κ3) is 17.8. The van der Waals surface area contributed by atoms with Gasteiger partial charge in [0.1, 0.15) is 13.0 Å². The molecule has 0 N–H and O–H groups in total. The molecule has 0 heterocycles. The SMILES string of the molecule is FC(F)(F)Oc1ccc(CBC2CCCCCCC(C3CCCCCCCCCCCCCCC3)CCCCCC2)cc1. The number of hydrogen-bond acceptors (Lipinski definition) is 1. The van der Waals surface area contributed by atoms with E-state index in [-0.39, 0.29) is 5.75 Å². The van der Waals surface area contributed by atoms with E-state index in [1.165, 1.54) is 185 Å². The van der Waals surface area contributed by atoms with E-state index >= 15 is 0 Å². The standard InChI is InChI=1S/C38H64BF3O/c40-38(41,42)43-37-30-28-33(29-31-37)32-39-36-26-20-14-12-18-24-35(25-19-13-15-21-27-36)34-22-16-10-8-6-4-2-1-3-5-7-9-11-17-23-34/h28-31,34-36,39H,1-27,32H2. The molecule has 0 unspecified atom stereocenters. The molecule has 2 saturated carbocycles. The number of halogens is 3. The lowest BCUT2D eigenvalue weighted by Crippen LogP contribution is -2.17. The third-order valence-corrected chi connectivity index (χ3v) is 10.7. The van der Waals surface area contributed by atoms with Crippen LogP contribution >= 0.6 is 0 Å². The van der Waals surface area contributed by atoms with E-state index in [9.17, 15) is 13.2 Å². The molecule has 0 aromatic heterocycles. The Labute approximate surface area is 264 Å². The summed E-state index contributed by atoms with van der Waals surface area (Å²) in [5.74, 6) is 2.54. The van der Waals surface area contributed by atoms with Gasteiger partial charge in [-0.3, -0.25) is 0 Å². The number of hydrogen-bond donors (Lipinski definition) is 0. The Morgan fingerprint density at radius 1 is 0.488 bits per heavy atom. The molecule has 43 heavy (non-hydrogen) atoms. The highest BCUT2D eigenvalue weighted by molar-refractivity contribution is 6.37. The quantitative estimate of drug-likeness (QED) is 0.304. The van der Waals surface area contributed by atoms with Crippen molar-refractivity contribution in [2.75, 3.05) is 0 Å². The zero-order valence-electron chi connectivity index (χ0n) is 27.6. The summed E-state index contributed by atoms with van der Waals surface area (Å²) in [7, 11) is 1.14. The van der Waals surface area contributed by atoms with Crippen LogP contribution in [0.3, 0.4) is 0 Å². The summed E-state index contributed by atoms with van der Waals surface area (Å²) < 4.78 is 41.4. The summed E-state index contributed by atoms with van der Waals surface area (Å²) in [6.45, 7) is 0. The Morgan fingerprint density at radius 2 is 0.814 bits per heavy atom. The van der Waals surface area contributed by atoms with Crippen molar-refractivity contribution >= 4 is 7.28 Å². The largest absolute Gasteiger partial charge is 0.573 e. The number of benzene rings is 1. The topological polar surface area (TPSA) is 9.23 Å². The second-order valence-electron chi connectivity index (χ2n) is 14.3. The molecule has 0 atom stereocenters. The first-order valence-electron chi connectivity index (χ1n) is 18.8. The lowest BCUT2D eigenvalue weighted by atomic mass is 9.57. The first-order valence-corrected chi connectivity index (χ1v) is 18.8. The molecule has 0 bridgehead atoms. The molecular weight excluding hydrogens is 540 g/mol. The molecule has 0 spiro atoms. The molecule has 2 fully saturated rings. The lowest BCUT2D eigenvalue weighted by Gasteiger charge is -2.28. The van der Waals surface area contributed by atoms with E-state index in [0.29, 0.717) is 0 Å². The van der Waals surface area contributed by atoms with Crippen LogP contribution in [-0.4, -0.2) is 13.6 Å². The normalized spacial score (nSPS) is 24.9. The van der Waals surface area contributed by atoms with Gasteiger partial charge in [-0.2, -0.15) is 0 Å². The minimum atomic E-state index is -4.63. The third-order valence-electron chi connectivity index (χ3n) is 10.7. The molecule has 2 aliphatic carbocycles. The number of ether oxygens (including phenoxy) is 1. The van der Waals surface area contributed by atoms with Crippen LogP contribution < -0.4 is 4.74 Å². The van der Waals surface area contributed by atoms with E-state index in [4.69, 9.17) is 0 Å². The first-order chi connectivity index (χ1) is 21.0. The zero-order valence-corrected chi connectivity index (χ0v) is 27.6. The fourth-order valence-corrected chi connectivity index (χ4v) is 8.04. The fraction of sp³-hybridized carbons (Fsp3) is 0.842. The van der Waals surface area contributed by atoms with Gasteiger partial charge in [-0.25, -0.2) is 0 Å². The summed E-state index contributed by atoms with van der Waals surface area (Å²) in [5, 5.41) is 0. The van der Waals surface area contributed by atoms with Crippen LogP contribution in [0, 0.1) is 11.8 Å². The van der Waals surface area contributed by atoms with Crippen molar-refractivity contribution in [2.24, 2.45) is 11.8 Å². The van der Waals surface area contributed by atoms with Crippen LogP contribution in [0.4, 0.5) is 13.2 Å². The minimum absolute atomic E-state index is 0.126. The van der Waals surface area contributed by atoms with Crippen molar-refractivity contribution in [3.05, 3.63) is 29.8 Å². The van der Waals surface area contributed by atoms with Gasteiger partial charge in [0.15, 0.2) is 0 Å². The molecule has 0 radical (unpaired) electrons. The monoisotopic (exact) mass is 605 g/mol. The minimum Gasteiger partial charge on any atom is -0.406 e. The molecule has 0 saturated heterocycles. The number of rotatable bonds is 5. The summed E-state index contributed by atoms with van der Waals surface area (Å²) in [5.41, 5.74) is 1.11. The van der Waals surface area contributed by atoms with Gasteiger partial charge in [-0.1, -0.05) is 203 Å². The molecule has 5 heteroatoms. The van der Waals surface area contributed by atoms with Crippen LogP contribution in [-0.2, 0) is 6.32 Å². The van der Waals surface area contributed by atoms with E-state index in [1.54, 1.807) is 12.1 Å². The van der Waals surface area contributed by atoms with Crippen LogP contribution in [0.25, 0.3) is 0 Å². The van der Waals surface area contributed by atoms with Crippen molar-refractivity contribution in [3.63, 3.8) is 0 Å². The summed E-state index contributed by atoms with van der Waals surface area (Å²) in [6.07, 6.45) is 34.8. The van der Waals surface area contributed by atoms with Gasteiger partial charge in [0.05, 0.1) is 0 Å². The van der Waals surface area contributed by atoms with Gasteiger partial charge >= 0.3 is 6.36 Å². The molecule has 1 aromatic carbocycles. The van der Waals surface area contributed by atoms with Crippen molar-refractivity contribution in [3.8, 4) is 5.75 Å². The average molecular weight is 605 g/mol. The van der Waals surface area contributed by atoms with E-state index in [1.807, 2.05) is 0 Å². The van der Waals surface area contributed by atoms with Crippen LogP contribution in [0.15, 0.2) is 24.3 Å². The van der Waals surface area contributed by atoms with E-state index < -0.39 is 6.36 Å². The molecule has 3 rings (SSSR count). The van der Waals surface area contributed by atoms with Crippen LogP contribution in [0.1, 0.15) is 179 Å². The van der Waals surface area contributed by atoms with Crippen molar-refractivity contribution < 1.29 is 17.9 Å². The molecule has 0 aliphatic heterocycles. The number of alkyl halides is 3. The van der Waals surface area contributed by atoms with Crippen LogP contribution in [0.5, 0.6) is 5.75 Å². The Bertz CT molecular complexity index is 763. The average Bonchev–Trinajstić information content (AvgIpc) is 2.97. The first kappa shape index (κ1) is 36.3. The van der Waals surface area contributed by atoms with Crippen LogP contribution in [0.2, 0.25) is 5.82 Å². The van der Waals surface area contributed by atoms with E-state index in [2.05, 4.69) is 4.74 Å². The second-order valence-corrected chi connectivity index (χ2v) is 14.3. The zero-order chi connectivity index (χ0) is 30.4. The Morgan fingerprint density at radius 3 is 1.16 bits per heavy atom. The second kappa shape index (κ2) is 22.4. The fourth-order valence-electron chi connectivity index (χ4n) is 8.04. The van der Waals surface area contributed by atoms with Crippen molar-refractivity contribution in [2.45, 2.75) is 192 Å². The summed E-state index contributed by atoms with van der Waals surface area (Å²) in [6, 6.07) is 6.51. The summed E-state index contributed by atoms with van der Waals surface area (Å²) in [4.78, 5) is 0. The van der Waals surface area contributed by atoms with Gasteiger partial charge in [-0.05, 0) is 24.0 Å². The van der Waals surface area contributed by atoms with Gasteiger partial charge in [0.2, 0.25) is 0 Å². The summed E-state index contributed by atoms with van der Waals surface area (Å²) >= 11 is 0. The lowest BCUT2D eigenvalue weighted by molar-refractivity contribution is -0.274. The Kier molecular flexibility index (Phi) is 18.9.